The zero-order valence-electron chi connectivity index (χ0n) is 15.7. The molecule has 0 saturated heterocycles. The maximum Gasteiger partial charge on any atom is 0.270 e. The van der Waals surface area contributed by atoms with E-state index < -0.39 is 6.10 Å². The van der Waals surface area contributed by atoms with Gasteiger partial charge in [0.1, 0.15) is 10.9 Å². The van der Waals surface area contributed by atoms with E-state index in [0.29, 0.717) is 30.3 Å². The summed E-state index contributed by atoms with van der Waals surface area (Å²) in [5.41, 5.74) is 3.44. The average Bonchev–Trinajstić information content (AvgIpc) is 2.71. The number of rotatable bonds is 4. The number of allylic oxidation sites excluding steroid dienone is 1. The van der Waals surface area contributed by atoms with E-state index >= 15 is 0 Å². The fraction of sp³-hybridized carbons (Fsp3) is 0.409. The second-order valence-corrected chi connectivity index (χ2v) is 7.99. The smallest absolute Gasteiger partial charge is 0.270 e. The third-order valence-corrected chi connectivity index (χ3v) is 5.78. The topological polar surface area (TPSA) is 74.6 Å². The fourth-order valence-electron chi connectivity index (χ4n) is 3.95. The Bertz CT molecular complexity index is 954. The number of hydrogen-bond acceptors (Lipinski definition) is 4. The normalized spacial score (nSPS) is 22.5. The molecule has 1 fully saturated rings. The van der Waals surface area contributed by atoms with E-state index in [4.69, 9.17) is 11.6 Å². The maximum absolute atomic E-state index is 12.9. The lowest BCUT2D eigenvalue weighted by Crippen LogP contribution is -2.45. The van der Waals surface area contributed by atoms with Crippen LogP contribution in [0.2, 0.25) is 0 Å². The zero-order chi connectivity index (χ0) is 19.5. The molecule has 1 saturated carbocycles. The van der Waals surface area contributed by atoms with Gasteiger partial charge in [-0.05, 0) is 42.5 Å². The number of carbonyl (C=O) groups excluding carboxylic acids is 1. The Kier molecular flexibility index (Phi) is 5.74. The minimum Gasteiger partial charge on any atom is -0.391 e. The second-order valence-electron chi connectivity index (χ2n) is 7.55. The number of hydrogen-bond donors (Lipinski definition) is 2. The van der Waals surface area contributed by atoms with E-state index in [0.717, 1.165) is 42.1 Å². The SMILES string of the molecule is O=C(NC1CCCCC1O)c1cc(CC2=CCC(Cl)=NC2)c2ccccc2n1. The Morgan fingerprint density at radius 2 is 2.07 bits per heavy atom. The molecule has 2 heterocycles. The monoisotopic (exact) mass is 397 g/mol. The second kappa shape index (κ2) is 8.41. The van der Waals surface area contributed by atoms with Gasteiger partial charge in [0, 0.05) is 11.8 Å². The predicted molar refractivity (Wildman–Crippen MR) is 112 cm³/mol. The minimum absolute atomic E-state index is 0.199. The van der Waals surface area contributed by atoms with Gasteiger partial charge in [-0.15, -0.1) is 0 Å². The number of dihydropyridines is 1. The molecule has 6 heteroatoms. The number of para-hydroxylation sites is 1. The van der Waals surface area contributed by atoms with E-state index in [2.05, 4.69) is 21.4 Å². The van der Waals surface area contributed by atoms with Gasteiger partial charge in [0.2, 0.25) is 0 Å². The first-order valence-electron chi connectivity index (χ1n) is 9.84. The lowest BCUT2D eigenvalue weighted by molar-refractivity contribution is 0.0714. The molecule has 28 heavy (non-hydrogen) atoms. The highest BCUT2D eigenvalue weighted by atomic mass is 35.5. The van der Waals surface area contributed by atoms with Gasteiger partial charge in [0.25, 0.3) is 5.91 Å². The number of aromatic nitrogens is 1. The lowest BCUT2D eigenvalue weighted by Gasteiger charge is -2.28. The van der Waals surface area contributed by atoms with E-state index in [-0.39, 0.29) is 11.9 Å². The number of fused-ring (bicyclic) bond motifs is 1. The van der Waals surface area contributed by atoms with Gasteiger partial charge < -0.3 is 10.4 Å². The van der Waals surface area contributed by atoms with E-state index in [9.17, 15) is 9.90 Å². The molecule has 1 amide bonds. The maximum atomic E-state index is 12.9. The lowest BCUT2D eigenvalue weighted by atomic mass is 9.92. The van der Waals surface area contributed by atoms with E-state index in [1.54, 1.807) is 0 Å². The highest BCUT2D eigenvalue weighted by Crippen LogP contribution is 2.24. The standard InChI is InChI=1S/C22H24ClN3O2/c23-21-10-9-14(13-24-21)11-15-12-19(25-17-6-2-1-5-16(15)17)22(28)26-18-7-3-4-8-20(18)27/h1-2,5-6,9,12,18,20,27H,3-4,7-8,10-11,13H2,(H,26,28). The number of aliphatic imine (C=N–C) groups is 1. The number of aliphatic hydroxyl groups excluding tert-OH is 1. The van der Waals surface area contributed by atoms with Crippen molar-refractivity contribution in [2.75, 3.05) is 6.54 Å². The number of nitrogens with one attached hydrogen (secondary N) is 1. The van der Waals surface area contributed by atoms with Crippen molar-refractivity contribution in [3.8, 4) is 0 Å². The summed E-state index contributed by atoms with van der Waals surface area (Å²) in [6.07, 6.45) is 6.58. The molecule has 2 aromatic rings. The van der Waals surface area contributed by atoms with E-state index in [1.165, 1.54) is 5.57 Å². The Hall–Kier alpha value is -2.24. The number of aliphatic hydroxyl groups is 1. The van der Waals surface area contributed by atoms with Crippen LogP contribution in [0.3, 0.4) is 0 Å². The van der Waals surface area contributed by atoms with Crippen LogP contribution >= 0.6 is 11.6 Å². The van der Waals surface area contributed by atoms with Crippen LogP contribution < -0.4 is 5.32 Å². The van der Waals surface area contributed by atoms with Crippen LogP contribution in [-0.4, -0.2) is 39.9 Å². The first kappa shape index (κ1) is 19.1. The third-order valence-electron chi connectivity index (χ3n) is 5.51. The van der Waals surface area contributed by atoms with Gasteiger partial charge in [-0.1, -0.05) is 48.7 Å². The first-order valence-corrected chi connectivity index (χ1v) is 10.2. The van der Waals surface area contributed by atoms with Crippen LogP contribution in [0, 0.1) is 0 Å². The molecule has 0 bridgehead atoms. The number of benzene rings is 1. The summed E-state index contributed by atoms with van der Waals surface area (Å²) in [5.74, 6) is -0.225. The molecule has 2 unspecified atom stereocenters. The summed E-state index contributed by atoms with van der Waals surface area (Å²) in [4.78, 5) is 21.7. The molecule has 1 aromatic heterocycles. The van der Waals surface area contributed by atoms with Crippen LogP contribution in [0.5, 0.6) is 0 Å². The molecular formula is C22H24ClN3O2. The summed E-state index contributed by atoms with van der Waals surface area (Å²) < 4.78 is 0. The molecule has 4 rings (SSSR count). The largest absolute Gasteiger partial charge is 0.391 e. The van der Waals surface area contributed by atoms with E-state index in [1.807, 2.05) is 30.3 Å². The molecule has 1 aliphatic carbocycles. The Morgan fingerprint density at radius 3 is 2.86 bits per heavy atom. The number of halogens is 1. The molecule has 5 nitrogen and oxygen atoms in total. The molecule has 1 aliphatic heterocycles. The fourth-order valence-corrected chi connectivity index (χ4v) is 4.09. The molecule has 2 N–H and O–H groups in total. The van der Waals surface area contributed by atoms with Crippen molar-refractivity contribution in [1.82, 2.24) is 10.3 Å². The number of amides is 1. The van der Waals surface area contributed by atoms with Crippen LogP contribution in [0.4, 0.5) is 0 Å². The van der Waals surface area contributed by atoms with Crippen LogP contribution in [0.25, 0.3) is 10.9 Å². The van der Waals surface area contributed by atoms with Crippen LogP contribution in [0.1, 0.15) is 48.2 Å². The number of pyridine rings is 1. The minimum atomic E-state index is -0.479. The molecule has 0 radical (unpaired) electrons. The first-order chi connectivity index (χ1) is 13.6. The van der Waals surface area contributed by atoms with Crippen molar-refractivity contribution in [1.29, 1.82) is 0 Å². The summed E-state index contributed by atoms with van der Waals surface area (Å²) in [6.45, 7) is 0.589. The summed E-state index contributed by atoms with van der Waals surface area (Å²) in [7, 11) is 0. The van der Waals surface area contributed by atoms with Crippen LogP contribution in [-0.2, 0) is 6.42 Å². The van der Waals surface area contributed by atoms with Gasteiger partial charge in [0.15, 0.2) is 0 Å². The van der Waals surface area contributed by atoms with Crippen molar-refractivity contribution < 1.29 is 9.90 Å². The van der Waals surface area contributed by atoms with Gasteiger partial charge in [-0.25, -0.2) is 4.98 Å². The van der Waals surface area contributed by atoms with Crippen molar-refractivity contribution in [2.45, 2.75) is 50.7 Å². The molecular weight excluding hydrogens is 374 g/mol. The van der Waals surface area contributed by atoms with Crippen LogP contribution in [0.15, 0.2) is 47.0 Å². The molecule has 2 atom stereocenters. The van der Waals surface area contributed by atoms with Gasteiger partial charge in [0.05, 0.1) is 24.2 Å². The highest BCUT2D eigenvalue weighted by molar-refractivity contribution is 6.65. The third kappa shape index (κ3) is 4.26. The average molecular weight is 398 g/mol. The summed E-state index contributed by atoms with van der Waals surface area (Å²) in [6, 6.07) is 9.54. The molecule has 146 valence electrons. The number of carbonyl (C=O) groups is 1. The van der Waals surface area contributed by atoms with Crippen molar-refractivity contribution in [2.24, 2.45) is 4.99 Å². The Morgan fingerprint density at radius 1 is 1.25 bits per heavy atom. The predicted octanol–water partition coefficient (Wildman–Crippen LogP) is 3.78. The van der Waals surface area contributed by atoms with Crippen molar-refractivity contribution in [3.63, 3.8) is 0 Å². The van der Waals surface area contributed by atoms with Gasteiger partial charge >= 0.3 is 0 Å². The van der Waals surface area contributed by atoms with Crippen molar-refractivity contribution >= 4 is 33.6 Å². The summed E-state index contributed by atoms with van der Waals surface area (Å²) in [5, 5.41) is 14.8. The molecule has 0 spiro atoms. The van der Waals surface area contributed by atoms with Gasteiger partial charge in [-0.3, -0.25) is 9.79 Å². The zero-order valence-corrected chi connectivity index (χ0v) is 16.5. The van der Waals surface area contributed by atoms with Gasteiger partial charge in [-0.2, -0.15) is 0 Å². The Balaban J connectivity index is 1.61. The number of nitrogens with zero attached hydrogens (tertiary/aromatic N) is 2. The highest BCUT2D eigenvalue weighted by Gasteiger charge is 2.25. The molecule has 2 aliphatic rings. The molecule has 1 aromatic carbocycles. The Labute approximate surface area is 169 Å². The van der Waals surface area contributed by atoms with Crippen molar-refractivity contribution in [3.05, 3.63) is 53.2 Å². The summed E-state index contributed by atoms with van der Waals surface area (Å²) >= 11 is 5.97. The quantitative estimate of drug-likeness (QED) is 0.771.